The van der Waals surface area contributed by atoms with Crippen molar-refractivity contribution in [2.75, 3.05) is 32.9 Å². The summed E-state index contributed by atoms with van der Waals surface area (Å²) in [7, 11) is -2.51. The Morgan fingerprint density at radius 1 is 1.03 bits per heavy atom. The number of ether oxygens (including phenoxy) is 1. The lowest BCUT2D eigenvalue weighted by atomic mass is 10.2. The Hall–Kier alpha value is -1.99. The van der Waals surface area contributed by atoms with Crippen LogP contribution in [0.25, 0.3) is 0 Å². The van der Waals surface area contributed by atoms with Crippen LogP contribution in [0.3, 0.4) is 0 Å². The van der Waals surface area contributed by atoms with E-state index in [0.717, 1.165) is 32.5 Å². The number of nitrogens with zero attached hydrogens (tertiary/aromatic N) is 1. The summed E-state index contributed by atoms with van der Waals surface area (Å²) in [5, 5.41) is 11.3. The van der Waals surface area contributed by atoms with E-state index in [2.05, 4.69) is 86.3 Å². The second kappa shape index (κ2) is 11.9. The molecule has 1 aliphatic rings. The van der Waals surface area contributed by atoms with E-state index in [1.54, 1.807) is 0 Å². The molecule has 1 atom stereocenters. The largest absolute Gasteiger partial charge is 0.481 e. The SMILES string of the molecule is CC(C)(C)[Si](OCC1CCCN1CCCOCCC(=O)O)(c1ccccc1)c1ccccc1. The van der Waals surface area contributed by atoms with Crippen LogP contribution < -0.4 is 10.4 Å². The summed E-state index contributed by atoms with van der Waals surface area (Å²) in [4.78, 5) is 13.1. The van der Waals surface area contributed by atoms with Crippen molar-refractivity contribution in [3.05, 3.63) is 60.7 Å². The normalized spacial score (nSPS) is 17.4. The summed E-state index contributed by atoms with van der Waals surface area (Å²) in [6, 6.07) is 22.0. The predicted octanol–water partition coefficient (Wildman–Crippen LogP) is 3.91. The number of carbonyl (C=O) groups is 1. The van der Waals surface area contributed by atoms with Crippen molar-refractivity contribution in [1.29, 1.82) is 0 Å². The van der Waals surface area contributed by atoms with Crippen molar-refractivity contribution in [2.24, 2.45) is 0 Å². The predicted molar refractivity (Wildman–Crippen MR) is 136 cm³/mol. The Bertz CT molecular complexity index is 814. The average molecular weight is 470 g/mol. The monoisotopic (exact) mass is 469 g/mol. The van der Waals surface area contributed by atoms with Gasteiger partial charge in [-0.3, -0.25) is 9.69 Å². The summed E-state index contributed by atoms with van der Waals surface area (Å²) >= 11 is 0. The first-order chi connectivity index (χ1) is 15.8. The second-order valence-corrected chi connectivity index (χ2v) is 14.2. The van der Waals surface area contributed by atoms with E-state index in [9.17, 15) is 4.79 Å². The minimum Gasteiger partial charge on any atom is -0.481 e. The van der Waals surface area contributed by atoms with Gasteiger partial charge in [-0.1, -0.05) is 81.4 Å². The highest BCUT2D eigenvalue weighted by Crippen LogP contribution is 2.37. The number of hydrogen-bond donors (Lipinski definition) is 1. The van der Waals surface area contributed by atoms with Crippen molar-refractivity contribution in [3.8, 4) is 0 Å². The van der Waals surface area contributed by atoms with Gasteiger partial charge in [0.05, 0.1) is 19.6 Å². The lowest BCUT2D eigenvalue weighted by molar-refractivity contribution is -0.138. The van der Waals surface area contributed by atoms with Crippen LogP contribution in [0.2, 0.25) is 5.04 Å². The van der Waals surface area contributed by atoms with Crippen molar-refractivity contribution in [2.45, 2.75) is 57.5 Å². The molecule has 0 aliphatic carbocycles. The molecule has 0 bridgehead atoms. The number of benzene rings is 2. The first kappa shape index (κ1) is 25.6. The molecule has 0 aromatic heterocycles. The molecule has 180 valence electrons. The standard InChI is InChI=1S/C27H39NO4Si/c1-27(2,3)33(24-13-6-4-7-14-24,25-15-8-5-9-16-25)32-22-23-12-10-18-28(23)19-11-20-31-21-17-26(29)30/h4-9,13-16,23H,10-12,17-22H2,1-3H3,(H,29,30). The fourth-order valence-electron chi connectivity index (χ4n) is 4.99. The van der Waals surface area contributed by atoms with Crippen molar-refractivity contribution < 1.29 is 19.1 Å². The number of aliphatic carboxylic acids is 1. The number of hydrogen-bond acceptors (Lipinski definition) is 4. The molecule has 1 heterocycles. The van der Waals surface area contributed by atoms with E-state index < -0.39 is 14.3 Å². The summed E-state index contributed by atoms with van der Waals surface area (Å²) in [6.45, 7) is 10.6. The maximum absolute atomic E-state index is 10.6. The molecule has 0 amide bonds. The number of carboxylic acids is 1. The van der Waals surface area contributed by atoms with Gasteiger partial charge in [0.25, 0.3) is 8.32 Å². The fraction of sp³-hybridized carbons (Fsp3) is 0.519. The highest BCUT2D eigenvalue weighted by atomic mass is 28.4. The third-order valence-electron chi connectivity index (χ3n) is 6.60. The first-order valence-corrected chi connectivity index (χ1v) is 14.0. The summed E-state index contributed by atoms with van der Waals surface area (Å²) in [5.41, 5.74) is 0. The van der Waals surface area contributed by atoms with Gasteiger partial charge in [-0.15, -0.1) is 0 Å². The van der Waals surface area contributed by atoms with Crippen molar-refractivity contribution in [3.63, 3.8) is 0 Å². The number of rotatable bonds is 12. The molecule has 1 fully saturated rings. The topological polar surface area (TPSA) is 59.0 Å². The molecule has 0 saturated carbocycles. The smallest absolute Gasteiger partial charge is 0.305 e. The van der Waals surface area contributed by atoms with E-state index in [-0.39, 0.29) is 18.1 Å². The van der Waals surface area contributed by atoms with Gasteiger partial charge >= 0.3 is 5.97 Å². The molecule has 33 heavy (non-hydrogen) atoms. The van der Waals surface area contributed by atoms with Crippen LogP contribution in [0.4, 0.5) is 0 Å². The van der Waals surface area contributed by atoms with Crippen molar-refractivity contribution >= 4 is 24.7 Å². The molecule has 1 N–H and O–H groups in total. The van der Waals surface area contributed by atoms with Gasteiger partial charge in [-0.25, -0.2) is 0 Å². The van der Waals surface area contributed by atoms with Gasteiger partial charge in [0.2, 0.25) is 0 Å². The van der Waals surface area contributed by atoms with Gasteiger partial charge in [0.1, 0.15) is 0 Å². The molecular weight excluding hydrogens is 430 g/mol. The summed E-state index contributed by atoms with van der Waals surface area (Å²) in [5.74, 6) is -0.810. The molecular formula is C27H39NO4Si. The third-order valence-corrected chi connectivity index (χ3v) is 11.6. The zero-order valence-electron chi connectivity index (χ0n) is 20.3. The quantitative estimate of drug-likeness (QED) is 0.377. The highest BCUT2D eigenvalue weighted by Gasteiger charge is 2.50. The van der Waals surface area contributed by atoms with Gasteiger partial charge in [-0.05, 0) is 41.2 Å². The number of carboxylic acid groups (broad SMARTS) is 1. The second-order valence-electron chi connectivity index (χ2n) is 9.92. The molecule has 1 aliphatic heterocycles. The Morgan fingerprint density at radius 2 is 1.64 bits per heavy atom. The molecule has 0 radical (unpaired) electrons. The molecule has 0 spiro atoms. The molecule has 6 heteroatoms. The minimum absolute atomic E-state index is 0.0167. The Kier molecular flexibility index (Phi) is 9.26. The van der Waals surface area contributed by atoms with Gasteiger partial charge < -0.3 is 14.3 Å². The van der Waals surface area contributed by atoms with E-state index in [4.69, 9.17) is 14.3 Å². The van der Waals surface area contributed by atoms with Crippen LogP contribution >= 0.6 is 0 Å². The minimum atomic E-state index is -2.51. The van der Waals surface area contributed by atoms with Gasteiger partial charge in [0.15, 0.2) is 0 Å². The zero-order valence-corrected chi connectivity index (χ0v) is 21.3. The van der Waals surface area contributed by atoms with Crippen LogP contribution in [0, 0.1) is 0 Å². The average Bonchev–Trinajstić information content (AvgIpc) is 3.24. The summed E-state index contributed by atoms with van der Waals surface area (Å²) in [6.07, 6.45) is 3.32. The molecule has 5 nitrogen and oxygen atoms in total. The Labute approximate surface area is 199 Å². The zero-order chi connectivity index (χ0) is 23.7. The van der Waals surface area contributed by atoms with Crippen LogP contribution in [0.5, 0.6) is 0 Å². The summed E-state index contributed by atoms with van der Waals surface area (Å²) < 4.78 is 12.6. The van der Waals surface area contributed by atoms with Crippen LogP contribution in [0.1, 0.15) is 46.5 Å². The van der Waals surface area contributed by atoms with E-state index in [1.807, 2.05) is 0 Å². The van der Waals surface area contributed by atoms with Crippen LogP contribution in [-0.2, 0) is 14.0 Å². The van der Waals surface area contributed by atoms with Crippen LogP contribution in [0.15, 0.2) is 60.7 Å². The van der Waals surface area contributed by atoms with Gasteiger partial charge in [-0.2, -0.15) is 0 Å². The Balaban J connectivity index is 1.71. The Morgan fingerprint density at radius 3 is 2.18 bits per heavy atom. The molecule has 1 unspecified atom stereocenters. The first-order valence-electron chi connectivity index (χ1n) is 12.1. The maximum Gasteiger partial charge on any atom is 0.305 e. The highest BCUT2D eigenvalue weighted by molar-refractivity contribution is 6.99. The lowest BCUT2D eigenvalue weighted by Crippen LogP contribution is -2.67. The molecule has 1 saturated heterocycles. The maximum atomic E-state index is 10.6. The van der Waals surface area contributed by atoms with Crippen LogP contribution in [-0.4, -0.2) is 63.2 Å². The van der Waals surface area contributed by atoms with Crippen molar-refractivity contribution in [1.82, 2.24) is 4.90 Å². The van der Waals surface area contributed by atoms with E-state index in [0.29, 0.717) is 12.6 Å². The lowest BCUT2D eigenvalue weighted by Gasteiger charge is -2.44. The molecule has 2 aromatic carbocycles. The van der Waals surface area contributed by atoms with E-state index >= 15 is 0 Å². The van der Waals surface area contributed by atoms with Gasteiger partial charge in [0, 0.05) is 19.2 Å². The third kappa shape index (κ3) is 6.54. The van der Waals surface area contributed by atoms with E-state index in [1.165, 1.54) is 16.8 Å². The number of likely N-dealkylation sites (tertiary alicyclic amines) is 1. The molecule has 2 aromatic rings. The fourth-order valence-corrected chi connectivity index (χ4v) is 9.59. The molecule has 3 rings (SSSR count).